The molecule has 0 bridgehead atoms. The van der Waals surface area contributed by atoms with E-state index >= 15 is 0 Å². The summed E-state index contributed by atoms with van der Waals surface area (Å²) in [5.41, 5.74) is 2.38. The van der Waals surface area contributed by atoms with Crippen LogP contribution in [0.5, 0.6) is 0 Å². The van der Waals surface area contributed by atoms with Gasteiger partial charge in [-0.2, -0.15) is 11.3 Å². The van der Waals surface area contributed by atoms with Gasteiger partial charge in [0, 0.05) is 0 Å². The Hall–Kier alpha value is -1.39. The first-order valence-electron chi connectivity index (χ1n) is 5.47. The van der Waals surface area contributed by atoms with Gasteiger partial charge < -0.3 is 5.32 Å². The summed E-state index contributed by atoms with van der Waals surface area (Å²) in [6.07, 6.45) is 0. The summed E-state index contributed by atoms with van der Waals surface area (Å²) in [6, 6.07) is 10.7. The second kappa shape index (κ2) is 4.47. The zero-order valence-corrected chi connectivity index (χ0v) is 11.0. The lowest BCUT2D eigenvalue weighted by Gasteiger charge is -2.10. The number of anilines is 1. The average molecular weight is 260 g/mol. The van der Waals surface area contributed by atoms with E-state index in [1.54, 1.807) is 22.7 Å². The molecule has 0 spiro atoms. The molecule has 0 fully saturated rings. The highest BCUT2D eigenvalue weighted by atomic mass is 32.1. The molecule has 0 radical (unpaired) electrons. The molecule has 2 aromatic heterocycles. The van der Waals surface area contributed by atoms with Gasteiger partial charge in [0.05, 0.1) is 16.3 Å². The van der Waals surface area contributed by atoms with E-state index in [1.165, 1.54) is 10.3 Å². The topological polar surface area (TPSA) is 24.9 Å². The molecule has 1 aromatic carbocycles. The number of benzene rings is 1. The van der Waals surface area contributed by atoms with Crippen molar-refractivity contribution >= 4 is 38.0 Å². The number of thiazole rings is 1. The summed E-state index contributed by atoms with van der Waals surface area (Å²) < 4.78 is 1.23. The maximum Gasteiger partial charge on any atom is 0.184 e. The number of nitrogens with one attached hydrogen (secondary N) is 1. The van der Waals surface area contributed by atoms with Crippen molar-refractivity contribution < 1.29 is 0 Å². The molecule has 17 heavy (non-hydrogen) atoms. The van der Waals surface area contributed by atoms with Crippen molar-refractivity contribution in [2.24, 2.45) is 0 Å². The number of thiophene rings is 1. The number of nitrogens with zero attached hydrogens (tertiary/aromatic N) is 1. The molecule has 0 saturated heterocycles. The third kappa shape index (κ3) is 2.18. The van der Waals surface area contributed by atoms with Crippen LogP contribution in [0.4, 0.5) is 5.13 Å². The normalized spacial score (nSPS) is 12.8. The Morgan fingerprint density at radius 1 is 1.24 bits per heavy atom. The summed E-state index contributed by atoms with van der Waals surface area (Å²) >= 11 is 3.43. The molecule has 3 rings (SSSR count). The largest absolute Gasteiger partial charge is 0.355 e. The van der Waals surface area contributed by atoms with Crippen LogP contribution in [-0.2, 0) is 0 Å². The van der Waals surface area contributed by atoms with E-state index in [9.17, 15) is 0 Å². The Kier molecular flexibility index (Phi) is 2.82. The summed E-state index contributed by atoms with van der Waals surface area (Å²) in [5, 5.41) is 8.71. The van der Waals surface area contributed by atoms with Gasteiger partial charge in [-0.3, -0.25) is 0 Å². The van der Waals surface area contributed by atoms with Crippen LogP contribution in [0.1, 0.15) is 18.5 Å². The smallest absolute Gasteiger partial charge is 0.184 e. The van der Waals surface area contributed by atoms with Gasteiger partial charge in [0.25, 0.3) is 0 Å². The lowest BCUT2D eigenvalue weighted by molar-refractivity contribution is 0.888. The number of hydrogen-bond donors (Lipinski definition) is 1. The van der Waals surface area contributed by atoms with Crippen molar-refractivity contribution in [1.29, 1.82) is 0 Å². The fourth-order valence-electron chi connectivity index (χ4n) is 1.72. The predicted octanol–water partition coefficient (Wildman–Crippen LogP) is 4.53. The van der Waals surface area contributed by atoms with Crippen LogP contribution in [0, 0.1) is 0 Å². The van der Waals surface area contributed by atoms with Crippen molar-refractivity contribution in [3.8, 4) is 0 Å². The number of para-hydroxylation sites is 1. The van der Waals surface area contributed by atoms with Crippen LogP contribution < -0.4 is 5.32 Å². The van der Waals surface area contributed by atoms with Crippen molar-refractivity contribution in [1.82, 2.24) is 4.98 Å². The molecule has 2 heterocycles. The van der Waals surface area contributed by atoms with Crippen molar-refractivity contribution in [3.63, 3.8) is 0 Å². The van der Waals surface area contributed by atoms with Crippen LogP contribution in [0.25, 0.3) is 10.2 Å². The maximum atomic E-state index is 4.57. The zero-order chi connectivity index (χ0) is 11.7. The van der Waals surface area contributed by atoms with Gasteiger partial charge >= 0.3 is 0 Å². The molecule has 1 atom stereocenters. The standard InChI is InChI=1S/C13H12N2S2/c1-9(10-6-7-16-8-10)14-13-15-11-4-2-3-5-12(11)17-13/h2-9H,1H3,(H,14,15). The molecule has 0 amide bonds. The van der Waals surface area contributed by atoms with Gasteiger partial charge in [-0.05, 0) is 41.4 Å². The van der Waals surface area contributed by atoms with Crippen LogP contribution in [0.3, 0.4) is 0 Å². The minimum absolute atomic E-state index is 0.307. The minimum atomic E-state index is 0.307. The monoisotopic (exact) mass is 260 g/mol. The van der Waals surface area contributed by atoms with Gasteiger partial charge in [-0.15, -0.1) is 0 Å². The van der Waals surface area contributed by atoms with Crippen LogP contribution in [-0.4, -0.2) is 4.98 Å². The average Bonchev–Trinajstić information content (AvgIpc) is 2.97. The lowest BCUT2D eigenvalue weighted by atomic mass is 10.2. The van der Waals surface area contributed by atoms with Crippen molar-refractivity contribution in [2.45, 2.75) is 13.0 Å². The van der Waals surface area contributed by atoms with E-state index in [0.29, 0.717) is 6.04 Å². The molecule has 0 aliphatic heterocycles. The van der Waals surface area contributed by atoms with Crippen molar-refractivity contribution in [3.05, 3.63) is 46.7 Å². The quantitative estimate of drug-likeness (QED) is 0.748. The van der Waals surface area contributed by atoms with Crippen molar-refractivity contribution in [2.75, 3.05) is 5.32 Å². The van der Waals surface area contributed by atoms with E-state index in [2.05, 4.69) is 40.1 Å². The first-order valence-corrected chi connectivity index (χ1v) is 7.23. The van der Waals surface area contributed by atoms with Crippen LogP contribution in [0.2, 0.25) is 0 Å². The molecule has 1 unspecified atom stereocenters. The molecular weight excluding hydrogens is 248 g/mol. The molecule has 0 saturated carbocycles. The first kappa shape index (κ1) is 10.7. The van der Waals surface area contributed by atoms with Gasteiger partial charge in [-0.1, -0.05) is 23.5 Å². The Balaban J connectivity index is 1.85. The summed E-state index contributed by atoms with van der Waals surface area (Å²) in [6.45, 7) is 2.16. The molecule has 3 aromatic rings. The predicted molar refractivity (Wildman–Crippen MR) is 76.0 cm³/mol. The summed E-state index contributed by atoms with van der Waals surface area (Å²) in [4.78, 5) is 4.57. The molecule has 0 aliphatic rings. The second-order valence-electron chi connectivity index (χ2n) is 3.91. The summed E-state index contributed by atoms with van der Waals surface area (Å²) in [5.74, 6) is 0. The number of rotatable bonds is 3. The Morgan fingerprint density at radius 3 is 2.88 bits per heavy atom. The Labute approximate surface area is 108 Å². The minimum Gasteiger partial charge on any atom is -0.355 e. The van der Waals surface area contributed by atoms with Gasteiger partial charge in [0.15, 0.2) is 5.13 Å². The lowest BCUT2D eigenvalue weighted by Crippen LogP contribution is -2.04. The second-order valence-corrected chi connectivity index (χ2v) is 5.72. The van der Waals surface area contributed by atoms with E-state index in [0.717, 1.165) is 10.6 Å². The molecule has 86 valence electrons. The van der Waals surface area contributed by atoms with Gasteiger partial charge in [-0.25, -0.2) is 4.98 Å². The van der Waals surface area contributed by atoms with E-state index in [-0.39, 0.29) is 0 Å². The molecule has 0 aliphatic carbocycles. The van der Waals surface area contributed by atoms with Crippen LogP contribution in [0.15, 0.2) is 41.1 Å². The Morgan fingerprint density at radius 2 is 2.12 bits per heavy atom. The molecule has 4 heteroatoms. The maximum absolute atomic E-state index is 4.57. The van der Waals surface area contributed by atoms with Gasteiger partial charge in [0.1, 0.15) is 0 Å². The number of aromatic nitrogens is 1. The molecule has 1 N–H and O–H groups in total. The third-order valence-corrected chi connectivity index (χ3v) is 4.35. The van der Waals surface area contributed by atoms with E-state index < -0.39 is 0 Å². The fourth-order valence-corrected chi connectivity index (χ4v) is 3.43. The molecule has 2 nitrogen and oxygen atoms in total. The third-order valence-electron chi connectivity index (χ3n) is 2.68. The van der Waals surface area contributed by atoms with Crippen LogP contribution >= 0.6 is 22.7 Å². The highest BCUT2D eigenvalue weighted by molar-refractivity contribution is 7.22. The number of hydrogen-bond acceptors (Lipinski definition) is 4. The highest BCUT2D eigenvalue weighted by Gasteiger charge is 2.08. The first-order chi connectivity index (χ1) is 8.33. The highest BCUT2D eigenvalue weighted by Crippen LogP contribution is 2.28. The summed E-state index contributed by atoms with van der Waals surface area (Å²) in [7, 11) is 0. The van der Waals surface area contributed by atoms with E-state index in [4.69, 9.17) is 0 Å². The number of fused-ring (bicyclic) bond motifs is 1. The fraction of sp³-hybridized carbons (Fsp3) is 0.154. The van der Waals surface area contributed by atoms with Gasteiger partial charge in [0.2, 0.25) is 0 Å². The zero-order valence-electron chi connectivity index (χ0n) is 9.38. The molecular formula is C13H12N2S2. The van der Waals surface area contributed by atoms with E-state index in [1.807, 2.05) is 18.2 Å². The SMILES string of the molecule is CC(Nc1nc2ccccc2s1)c1ccsc1. The Bertz CT molecular complexity index is 580.